The number of nitrogens with zero attached hydrogens (tertiary/aromatic N) is 2. The molecule has 3 heterocycles. The smallest absolute Gasteiger partial charge is 0.311 e. The van der Waals surface area contributed by atoms with Crippen LogP contribution in [0.25, 0.3) is 0 Å². The minimum atomic E-state index is -0.688. The Morgan fingerprint density at radius 1 is 1.25 bits per heavy atom. The third-order valence-corrected chi connectivity index (χ3v) is 9.86. The summed E-state index contributed by atoms with van der Waals surface area (Å²) in [6.45, 7) is 10.8. The number of fused-ring (bicyclic) bond motifs is 1. The highest BCUT2D eigenvalue weighted by atomic mass is 32.2. The molecule has 3 saturated heterocycles. The van der Waals surface area contributed by atoms with E-state index in [0.29, 0.717) is 32.5 Å². The molecule has 3 unspecified atom stereocenters. The van der Waals surface area contributed by atoms with Gasteiger partial charge in [0.1, 0.15) is 12.6 Å². The minimum absolute atomic E-state index is 0.0234. The van der Waals surface area contributed by atoms with Crippen LogP contribution in [-0.2, 0) is 25.7 Å². The molecule has 4 rings (SSSR count). The Bertz CT molecular complexity index is 1000. The van der Waals surface area contributed by atoms with Gasteiger partial charge in [-0.05, 0) is 30.7 Å². The highest BCUT2D eigenvalue weighted by Gasteiger charge is 2.76. The topological polar surface area (TPSA) is 87.2 Å². The van der Waals surface area contributed by atoms with Gasteiger partial charge in [-0.2, -0.15) is 0 Å². The fourth-order valence-corrected chi connectivity index (χ4v) is 8.71. The van der Waals surface area contributed by atoms with Crippen LogP contribution in [-0.4, -0.2) is 75.0 Å². The molecular formula is C28H36N2O5S. The van der Waals surface area contributed by atoms with Crippen molar-refractivity contribution in [3.8, 4) is 0 Å². The average Bonchev–Trinajstić information content (AvgIpc) is 3.46. The molecule has 1 aromatic rings. The van der Waals surface area contributed by atoms with Crippen molar-refractivity contribution >= 4 is 29.5 Å². The monoisotopic (exact) mass is 512 g/mol. The number of hydrogen-bond donors (Lipinski definition) is 1. The fourth-order valence-electron chi connectivity index (χ4n) is 6.30. The van der Waals surface area contributed by atoms with E-state index in [1.807, 2.05) is 30.3 Å². The molecule has 0 saturated carbocycles. The largest absolute Gasteiger partial charge is 0.461 e. The zero-order chi connectivity index (χ0) is 25.9. The number of esters is 1. The van der Waals surface area contributed by atoms with E-state index in [9.17, 15) is 19.5 Å². The summed E-state index contributed by atoms with van der Waals surface area (Å²) in [4.78, 5) is 44.9. The summed E-state index contributed by atoms with van der Waals surface area (Å²) in [5, 5.41) is 9.29. The summed E-state index contributed by atoms with van der Waals surface area (Å²) < 4.78 is 4.74. The van der Waals surface area contributed by atoms with Crippen LogP contribution < -0.4 is 0 Å². The van der Waals surface area contributed by atoms with Crippen molar-refractivity contribution in [2.75, 3.05) is 26.3 Å². The van der Waals surface area contributed by atoms with Gasteiger partial charge in [0.05, 0.1) is 16.6 Å². The predicted molar refractivity (Wildman–Crippen MR) is 140 cm³/mol. The number of thioether (sulfide) groups is 1. The third-order valence-electron chi connectivity index (χ3n) is 7.78. The number of carbonyl (C=O) groups excluding carboxylic acids is 3. The van der Waals surface area contributed by atoms with E-state index in [4.69, 9.17) is 4.74 Å². The Hall–Kier alpha value is -2.58. The Morgan fingerprint density at radius 2 is 2.00 bits per heavy atom. The van der Waals surface area contributed by atoms with Gasteiger partial charge in [-0.25, -0.2) is 0 Å². The van der Waals surface area contributed by atoms with E-state index in [2.05, 4.69) is 20.1 Å². The molecule has 1 aromatic carbocycles. The van der Waals surface area contributed by atoms with Crippen molar-refractivity contribution in [2.45, 2.75) is 48.8 Å². The van der Waals surface area contributed by atoms with Crippen LogP contribution in [0.15, 0.2) is 55.6 Å². The molecule has 7 nitrogen and oxygen atoms in total. The Balaban J connectivity index is 1.72. The van der Waals surface area contributed by atoms with Gasteiger partial charge in [0.2, 0.25) is 11.8 Å². The molecular weight excluding hydrogens is 476 g/mol. The van der Waals surface area contributed by atoms with Crippen LogP contribution >= 0.6 is 11.8 Å². The highest BCUT2D eigenvalue weighted by Crippen LogP contribution is 2.68. The lowest BCUT2D eigenvalue weighted by Gasteiger charge is -2.40. The van der Waals surface area contributed by atoms with Crippen molar-refractivity contribution < 1.29 is 24.2 Å². The molecule has 1 spiro atoms. The number of benzene rings is 1. The highest BCUT2D eigenvalue weighted by molar-refractivity contribution is 8.02. The summed E-state index contributed by atoms with van der Waals surface area (Å²) in [6.07, 6.45) is 5.12. The first-order valence-corrected chi connectivity index (χ1v) is 13.6. The molecule has 3 fully saturated rings. The molecule has 3 aliphatic rings. The molecule has 2 bridgehead atoms. The van der Waals surface area contributed by atoms with E-state index >= 15 is 0 Å². The predicted octanol–water partition coefficient (Wildman–Crippen LogP) is 3.04. The van der Waals surface area contributed by atoms with Crippen LogP contribution in [0.2, 0.25) is 0 Å². The van der Waals surface area contributed by atoms with Crippen LogP contribution in [0.5, 0.6) is 0 Å². The number of ether oxygens (including phenoxy) is 1. The van der Waals surface area contributed by atoms with Crippen LogP contribution in [0.1, 0.15) is 31.7 Å². The molecule has 1 N–H and O–H groups in total. The summed E-state index contributed by atoms with van der Waals surface area (Å²) in [7, 11) is 0. The van der Waals surface area contributed by atoms with Crippen LogP contribution in [0.4, 0.5) is 0 Å². The Kier molecular flexibility index (Phi) is 8.25. The number of amides is 2. The first kappa shape index (κ1) is 26.5. The van der Waals surface area contributed by atoms with E-state index in [0.717, 1.165) is 12.0 Å². The van der Waals surface area contributed by atoms with Gasteiger partial charge in [-0.1, -0.05) is 56.0 Å². The maximum absolute atomic E-state index is 14.3. The van der Waals surface area contributed by atoms with Crippen LogP contribution in [0.3, 0.4) is 0 Å². The van der Waals surface area contributed by atoms with Crippen molar-refractivity contribution in [1.82, 2.24) is 9.80 Å². The maximum atomic E-state index is 14.3. The molecule has 6 atom stereocenters. The average molecular weight is 513 g/mol. The minimum Gasteiger partial charge on any atom is -0.461 e. The van der Waals surface area contributed by atoms with E-state index in [-0.39, 0.29) is 42.2 Å². The van der Waals surface area contributed by atoms with Crippen molar-refractivity contribution in [3.05, 3.63) is 61.2 Å². The number of rotatable bonds is 12. The number of unbranched alkanes of at least 4 members (excludes halogenated alkanes) is 1. The van der Waals surface area contributed by atoms with Crippen molar-refractivity contribution in [2.24, 2.45) is 17.8 Å². The van der Waals surface area contributed by atoms with Gasteiger partial charge in [0, 0.05) is 31.5 Å². The Morgan fingerprint density at radius 3 is 2.67 bits per heavy atom. The molecule has 2 amide bonds. The maximum Gasteiger partial charge on any atom is 0.311 e. The zero-order valence-electron chi connectivity index (χ0n) is 20.9. The van der Waals surface area contributed by atoms with E-state index in [1.54, 1.807) is 27.6 Å². The second-order valence-corrected chi connectivity index (χ2v) is 11.5. The molecule has 36 heavy (non-hydrogen) atoms. The summed E-state index contributed by atoms with van der Waals surface area (Å²) in [6, 6.07) is 9.10. The number of aliphatic hydroxyl groups is 1. The van der Waals surface area contributed by atoms with Crippen LogP contribution in [0, 0.1) is 17.8 Å². The number of hydrogen-bond acceptors (Lipinski definition) is 6. The first-order chi connectivity index (χ1) is 17.4. The quantitative estimate of drug-likeness (QED) is 0.263. The number of likely N-dealkylation sites (tertiary alicyclic amines) is 1. The van der Waals surface area contributed by atoms with Gasteiger partial charge in [-0.3, -0.25) is 14.4 Å². The molecule has 0 radical (unpaired) electrons. The third kappa shape index (κ3) is 4.50. The first-order valence-electron chi connectivity index (χ1n) is 12.7. The Labute approximate surface area is 217 Å². The van der Waals surface area contributed by atoms with Crippen molar-refractivity contribution in [1.29, 1.82) is 0 Å². The molecule has 0 aliphatic carbocycles. The van der Waals surface area contributed by atoms with Gasteiger partial charge in [-0.15, -0.1) is 18.3 Å². The van der Waals surface area contributed by atoms with E-state index in [1.165, 1.54) is 6.08 Å². The fraction of sp³-hybridized carbons (Fsp3) is 0.536. The second kappa shape index (κ2) is 11.2. The summed E-state index contributed by atoms with van der Waals surface area (Å²) in [5.41, 5.74) is 1.00. The second-order valence-electron chi connectivity index (χ2n) is 9.93. The SMILES string of the molecule is C=CCOC(=O)[C@@H]1[C@@H]2CC(C)C3(S2)C(C(=O)N(CC=C)Cc2ccccc2)N(CCCCO)C(=O)[C@H]13. The van der Waals surface area contributed by atoms with E-state index < -0.39 is 22.6 Å². The lowest BCUT2D eigenvalue weighted by atomic mass is 9.66. The van der Waals surface area contributed by atoms with Gasteiger partial charge in [0.15, 0.2) is 0 Å². The van der Waals surface area contributed by atoms with Gasteiger partial charge < -0.3 is 19.6 Å². The normalized spacial score (nSPS) is 30.2. The number of aliphatic hydroxyl groups excluding tert-OH is 1. The lowest BCUT2D eigenvalue weighted by Crippen LogP contribution is -2.57. The molecule has 0 aromatic heterocycles. The van der Waals surface area contributed by atoms with Gasteiger partial charge in [0.25, 0.3) is 0 Å². The zero-order valence-corrected chi connectivity index (χ0v) is 21.7. The summed E-state index contributed by atoms with van der Waals surface area (Å²) in [5.74, 6) is -1.72. The molecule has 3 aliphatic heterocycles. The standard InChI is InChI=1S/C28H36N2O5S/c1-4-13-29(18-20-11-7-6-8-12-20)26(33)24-28-19(3)17-21(36-28)22(27(34)35-16-5-2)23(28)25(32)30(24)14-9-10-15-31/h4-8,11-12,19,21-24,31H,1-2,9-10,13-18H2,3H3/t19?,21-,22+,23-,24?,28?/m0/s1. The summed E-state index contributed by atoms with van der Waals surface area (Å²) >= 11 is 1.64. The molecule has 194 valence electrons. The number of carbonyl (C=O) groups is 3. The lowest BCUT2D eigenvalue weighted by molar-refractivity contribution is -0.153. The van der Waals surface area contributed by atoms with Gasteiger partial charge >= 0.3 is 5.97 Å². The molecule has 8 heteroatoms. The van der Waals surface area contributed by atoms with Crippen molar-refractivity contribution in [3.63, 3.8) is 0 Å².